The fraction of sp³-hybridized carbons (Fsp3) is 0.360. The normalized spacial score (nSPS) is 14.2. The lowest BCUT2D eigenvalue weighted by Crippen LogP contribution is -2.37. The van der Waals surface area contributed by atoms with Crippen LogP contribution >= 0.6 is 24.0 Å². The van der Waals surface area contributed by atoms with Crippen molar-refractivity contribution in [3.8, 4) is 0 Å². The van der Waals surface area contributed by atoms with Crippen molar-refractivity contribution in [2.24, 2.45) is 4.99 Å². The van der Waals surface area contributed by atoms with Crippen molar-refractivity contribution in [2.45, 2.75) is 39.0 Å². The first-order valence-electron chi connectivity index (χ1n) is 11.1. The predicted molar refractivity (Wildman–Crippen MR) is 141 cm³/mol. The van der Waals surface area contributed by atoms with E-state index in [1.807, 2.05) is 18.5 Å². The van der Waals surface area contributed by atoms with Crippen LogP contribution in [0, 0.1) is 0 Å². The van der Waals surface area contributed by atoms with E-state index in [4.69, 9.17) is 0 Å². The van der Waals surface area contributed by atoms with E-state index in [9.17, 15) is 0 Å². The van der Waals surface area contributed by atoms with Gasteiger partial charge in [0.25, 0.3) is 0 Å². The molecule has 0 bridgehead atoms. The first kappa shape index (κ1) is 24.3. The van der Waals surface area contributed by atoms with Crippen molar-refractivity contribution < 1.29 is 0 Å². The van der Waals surface area contributed by atoms with E-state index in [1.165, 1.54) is 42.6 Å². The van der Waals surface area contributed by atoms with Gasteiger partial charge < -0.3 is 15.2 Å². The molecule has 1 saturated heterocycles. The molecule has 6 nitrogen and oxygen atoms in total. The van der Waals surface area contributed by atoms with Gasteiger partial charge in [0.1, 0.15) is 5.82 Å². The Bertz CT molecular complexity index is 962. The van der Waals surface area contributed by atoms with Crippen molar-refractivity contribution >= 4 is 29.9 Å². The van der Waals surface area contributed by atoms with Crippen LogP contribution < -0.4 is 10.6 Å². The lowest BCUT2D eigenvalue weighted by molar-refractivity contribution is 0.331. The molecule has 1 fully saturated rings. The SMILES string of the molecule is CN=C(NCc1ccc(CN2CCCC2)cc1)NCc1nccn1Cc1ccccc1.I. The molecule has 0 aliphatic carbocycles. The molecule has 1 aliphatic heterocycles. The number of benzene rings is 2. The Morgan fingerprint density at radius 3 is 2.25 bits per heavy atom. The number of halogens is 1. The lowest BCUT2D eigenvalue weighted by atomic mass is 10.1. The Hall–Kier alpha value is -2.39. The molecule has 3 aromatic rings. The molecule has 0 atom stereocenters. The highest BCUT2D eigenvalue weighted by atomic mass is 127. The Kier molecular flexibility index (Phi) is 9.55. The van der Waals surface area contributed by atoms with Gasteiger partial charge in [-0.2, -0.15) is 0 Å². The minimum Gasteiger partial charge on any atom is -0.352 e. The van der Waals surface area contributed by atoms with E-state index >= 15 is 0 Å². The van der Waals surface area contributed by atoms with Gasteiger partial charge in [-0.3, -0.25) is 9.89 Å². The second kappa shape index (κ2) is 12.6. The van der Waals surface area contributed by atoms with Gasteiger partial charge in [0.15, 0.2) is 5.96 Å². The number of imidazole rings is 1. The third-order valence-corrected chi connectivity index (χ3v) is 5.72. The summed E-state index contributed by atoms with van der Waals surface area (Å²) < 4.78 is 2.16. The second-order valence-electron chi connectivity index (χ2n) is 8.04. The van der Waals surface area contributed by atoms with Gasteiger partial charge in [-0.15, -0.1) is 24.0 Å². The van der Waals surface area contributed by atoms with Crippen molar-refractivity contribution in [3.63, 3.8) is 0 Å². The minimum atomic E-state index is 0. The molecular formula is C25H33IN6. The van der Waals surface area contributed by atoms with Gasteiger partial charge in [-0.25, -0.2) is 4.98 Å². The monoisotopic (exact) mass is 544 g/mol. The summed E-state index contributed by atoms with van der Waals surface area (Å²) >= 11 is 0. The molecule has 1 aliphatic rings. The van der Waals surface area contributed by atoms with Crippen molar-refractivity contribution in [2.75, 3.05) is 20.1 Å². The molecule has 0 radical (unpaired) electrons. The number of likely N-dealkylation sites (tertiary alicyclic amines) is 1. The first-order chi connectivity index (χ1) is 15.3. The van der Waals surface area contributed by atoms with Gasteiger partial charge in [0.05, 0.1) is 6.54 Å². The van der Waals surface area contributed by atoms with Crippen LogP contribution in [-0.4, -0.2) is 40.5 Å². The van der Waals surface area contributed by atoms with Crippen LogP contribution in [-0.2, 0) is 26.2 Å². The van der Waals surface area contributed by atoms with Crippen LogP contribution in [0.3, 0.4) is 0 Å². The quantitative estimate of drug-likeness (QED) is 0.256. The summed E-state index contributed by atoms with van der Waals surface area (Å²) in [5.74, 6) is 1.76. The van der Waals surface area contributed by atoms with Crippen LogP contribution in [0.25, 0.3) is 0 Å². The largest absolute Gasteiger partial charge is 0.352 e. The Morgan fingerprint density at radius 2 is 1.53 bits per heavy atom. The number of nitrogens with zero attached hydrogens (tertiary/aromatic N) is 4. The third-order valence-electron chi connectivity index (χ3n) is 5.72. The van der Waals surface area contributed by atoms with Gasteiger partial charge in [0, 0.05) is 39.1 Å². The number of aromatic nitrogens is 2. The van der Waals surface area contributed by atoms with E-state index in [-0.39, 0.29) is 24.0 Å². The highest BCUT2D eigenvalue weighted by Crippen LogP contribution is 2.13. The van der Waals surface area contributed by atoms with Gasteiger partial charge >= 0.3 is 0 Å². The number of hydrogen-bond acceptors (Lipinski definition) is 3. The topological polar surface area (TPSA) is 57.5 Å². The van der Waals surface area contributed by atoms with Crippen LogP contribution in [0.2, 0.25) is 0 Å². The van der Waals surface area contributed by atoms with E-state index in [0.29, 0.717) is 6.54 Å². The summed E-state index contributed by atoms with van der Waals surface area (Å²) in [6, 6.07) is 19.3. The van der Waals surface area contributed by atoms with Crippen LogP contribution in [0.1, 0.15) is 35.4 Å². The van der Waals surface area contributed by atoms with E-state index in [2.05, 4.69) is 78.6 Å². The molecule has 0 spiro atoms. The van der Waals surface area contributed by atoms with E-state index < -0.39 is 0 Å². The molecule has 2 N–H and O–H groups in total. The molecule has 170 valence electrons. The molecule has 2 aromatic carbocycles. The molecule has 32 heavy (non-hydrogen) atoms. The summed E-state index contributed by atoms with van der Waals surface area (Å²) in [4.78, 5) is 11.4. The Morgan fingerprint density at radius 1 is 0.875 bits per heavy atom. The molecule has 0 unspecified atom stereocenters. The van der Waals surface area contributed by atoms with Gasteiger partial charge in [-0.1, -0.05) is 54.6 Å². The van der Waals surface area contributed by atoms with Crippen molar-refractivity contribution in [1.82, 2.24) is 25.1 Å². The smallest absolute Gasteiger partial charge is 0.191 e. The summed E-state index contributed by atoms with van der Waals surface area (Å²) in [6.07, 6.45) is 6.53. The summed E-state index contributed by atoms with van der Waals surface area (Å²) in [6.45, 7) is 5.69. The maximum atomic E-state index is 4.50. The zero-order valence-electron chi connectivity index (χ0n) is 18.7. The zero-order chi connectivity index (χ0) is 21.3. The van der Waals surface area contributed by atoms with Crippen LogP contribution in [0.15, 0.2) is 72.0 Å². The standard InChI is InChI=1S/C25H32N6.HI/c1-26-25(28-17-21-9-11-23(12-10-21)19-30-14-5-6-15-30)29-18-24-27-13-16-31(24)20-22-7-3-2-4-8-22;/h2-4,7-13,16H,5-6,14-15,17-20H2,1H3,(H2,26,28,29);1H. The van der Waals surface area contributed by atoms with Crippen LogP contribution in [0.4, 0.5) is 0 Å². The Labute approximate surface area is 208 Å². The predicted octanol–water partition coefficient (Wildman–Crippen LogP) is 4.01. The molecule has 0 saturated carbocycles. The van der Waals surface area contributed by atoms with E-state index in [0.717, 1.165) is 31.4 Å². The third kappa shape index (κ3) is 7.06. The number of rotatable bonds is 8. The molecule has 7 heteroatoms. The highest BCUT2D eigenvalue weighted by molar-refractivity contribution is 14.0. The lowest BCUT2D eigenvalue weighted by Gasteiger charge is -2.15. The number of nitrogens with one attached hydrogen (secondary N) is 2. The van der Waals surface area contributed by atoms with Crippen LogP contribution in [0.5, 0.6) is 0 Å². The fourth-order valence-corrected chi connectivity index (χ4v) is 3.96. The molecule has 4 rings (SSSR count). The molecule has 2 heterocycles. The zero-order valence-corrected chi connectivity index (χ0v) is 21.0. The van der Waals surface area contributed by atoms with Crippen molar-refractivity contribution in [1.29, 1.82) is 0 Å². The maximum Gasteiger partial charge on any atom is 0.191 e. The average molecular weight is 544 g/mol. The van der Waals surface area contributed by atoms with Gasteiger partial charge in [0.2, 0.25) is 0 Å². The Balaban J connectivity index is 0.00000289. The highest BCUT2D eigenvalue weighted by Gasteiger charge is 2.11. The minimum absolute atomic E-state index is 0. The molecule has 1 aromatic heterocycles. The second-order valence-corrected chi connectivity index (χ2v) is 8.04. The number of aliphatic imine (C=N–C) groups is 1. The summed E-state index contributed by atoms with van der Waals surface area (Å²) in [7, 11) is 1.80. The van der Waals surface area contributed by atoms with Crippen molar-refractivity contribution in [3.05, 3.63) is 89.5 Å². The molecule has 0 amide bonds. The average Bonchev–Trinajstić information content (AvgIpc) is 3.48. The molecular weight excluding hydrogens is 511 g/mol. The first-order valence-corrected chi connectivity index (χ1v) is 11.1. The number of hydrogen-bond donors (Lipinski definition) is 2. The maximum absolute atomic E-state index is 4.50. The fourth-order valence-electron chi connectivity index (χ4n) is 3.96. The van der Waals surface area contributed by atoms with E-state index in [1.54, 1.807) is 7.05 Å². The summed E-state index contributed by atoms with van der Waals surface area (Å²) in [5, 5.41) is 6.78. The summed E-state index contributed by atoms with van der Waals surface area (Å²) in [5.41, 5.74) is 3.90. The van der Waals surface area contributed by atoms with Gasteiger partial charge in [-0.05, 0) is 42.6 Å². The number of guanidine groups is 1.